The Hall–Kier alpha value is -2.25. The molecule has 1 saturated heterocycles. The lowest BCUT2D eigenvalue weighted by Crippen LogP contribution is -2.63. The number of rotatable bonds is 5. The van der Waals surface area contributed by atoms with Crippen molar-refractivity contribution in [3.63, 3.8) is 0 Å². The summed E-state index contributed by atoms with van der Waals surface area (Å²) >= 11 is 3.09. The Morgan fingerprint density at radius 2 is 1.89 bits per heavy atom. The maximum atomic E-state index is 14.1. The second-order valence-corrected chi connectivity index (χ2v) is 8.13. The van der Waals surface area contributed by atoms with Crippen molar-refractivity contribution in [1.82, 2.24) is 10.6 Å². The zero-order chi connectivity index (χ0) is 20.5. The van der Waals surface area contributed by atoms with Crippen LogP contribution in [-0.2, 0) is 10.2 Å². The minimum Gasteiger partial charge on any atom is -0.355 e. The molecule has 1 heterocycles. The average Bonchev–Trinajstić information content (AvgIpc) is 2.63. The highest BCUT2D eigenvalue weighted by Gasteiger charge is 2.47. The third kappa shape index (κ3) is 3.56. The van der Waals surface area contributed by atoms with Gasteiger partial charge < -0.3 is 16.0 Å². The zero-order valence-corrected chi connectivity index (χ0v) is 17.6. The molecule has 7 heteroatoms. The van der Waals surface area contributed by atoms with Crippen LogP contribution in [0, 0.1) is 5.82 Å². The Morgan fingerprint density at radius 1 is 1.21 bits per heavy atom. The van der Waals surface area contributed by atoms with Gasteiger partial charge in [-0.2, -0.15) is 0 Å². The Kier molecular flexibility index (Phi) is 5.86. The summed E-state index contributed by atoms with van der Waals surface area (Å²) in [6.07, 6.45) is 0. The molecule has 1 aliphatic heterocycles. The van der Waals surface area contributed by atoms with E-state index in [1.54, 1.807) is 0 Å². The lowest BCUT2D eigenvalue weighted by molar-refractivity contribution is -0.123. The molecular weight excluding hydrogens is 425 g/mol. The van der Waals surface area contributed by atoms with Crippen LogP contribution in [0.5, 0.6) is 0 Å². The van der Waals surface area contributed by atoms with E-state index in [1.165, 1.54) is 19.2 Å². The van der Waals surface area contributed by atoms with Crippen LogP contribution in [0.3, 0.4) is 0 Å². The van der Waals surface area contributed by atoms with Gasteiger partial charge >= 0.3 is 0 Å². The van der Waals surface area contributed by atoms with Crippen LogP contribution < -0.4 is 16.0 Å². The molecule has 0 bridgehead atoms. The van der Waals surface area contributed by atoms with E-state index in [0.29, 0.717) is 13.1 Å². The average molecular weight is 448 g/mol. The van der Waals surface area contributed by atoms with Gasteiger partial charge in [-0.05, 0) is 45.1 Å². The predicted octanol–water partition coefficient (Wildman–Crippen LogP) is 3.55. The fourth-order valence-corrected chi connectivity index (χ4v) is 3.84. The molecule has 2 aromatic rings. The second kappa shape index (κ2) is 8.01. The number of hydrogen-bond donors (Lipinski definition) is 3. The number of hydrogen-bond acceptors (Lipinski definition) is 3. The molecule has 2 aromatic carbocycles. The van der Waals surface area contributed by atoms with Gasteiger partial charge in [-0.25, -0.2) is 4.39 Å². The van der Waals surface area contributed by atoms with E-state index in [1.807, 2.05) is 24.3 Å². The minimum atomic E-state index is -0.760. The lowest BCUT2D eigenvalue weighted by Gasteiger charge is -2.43. The highest BCUT2D eigenvalue weighted by molar-refractivity contribution is 9.10. The van der Waals surface area contributed by atoms with Crippen molar-refractivity contribution in [1.29, 1.82) is 0 Å². The van der Waals surface area contributed by atoms with Crippen LogP contribution in [0.25, 0.3) is 0 Å². The summed E-state index contributed by atoms with van der Waals surface area (Å²) in [6.45, 7) is 5.14. The largest absolute Gasteiger partial charge is 0.355 e. The topological polar surface area (TPSA) is 70.2 Å². The fourth-order valence-electron chi connectivity index (χ4n) is 3.50. The number of halogens is 2. The van der Waals surface area contributed by atoms with E-state index in [-0.39, 0.29) is 27.5 Å². The standard InChI is InChI=1S/C21H23BrFN3O2/c1-12(2)13-6-4-5-7-15(13)21(10-25-11-21)20(28)26-18-9-17(23)16(22)8-14(18)19(27)24-3/h4-9,12,25H,10-11H2,1-3H3,(H,24,27)(H,26,28). The number of amides is 2. The van der Waals surface area contributed by atoms with Crippen LogP contribution >= 0.6 is 15.9 Å². The van der Waals surface area contributed by atoms with Crippen LogP contribution in [-0.4, -0.2) is 32.0 Å². The van der Waals surface area contributed by atoms with E-state index < -0.39 is 17.1 Å². The van der Waals surface area contributed by atoms with Gasteiger partial charge in [0.1, 0.15) is 5.82 Å². The van der Waals surface area contributed by atoms with Crippen LogP contribution in [0.4, 0.5) is 10.1 Å². The van der Waals surface area contributed by atoms with Gasteiger partial charge in [0.25, 0.3) is 5.91 Å². The molecule has 0 aliphatic carbocycles. The first-order valence-electron chi connectivity index (χ1n) is 9.13. The Balaban J connectivity index is 2.01. The van der Waals surface area contributed by atoms with Crippen molar-refractivity contribution in [3.05, 3.63) is 63.4 Å². The first-order chi connectivity index (χ1) is 13.3. The highest BCUT2D eigenvalue weighted by Crippen LogP contribution is 2.36. The molecule has 5 nitrogen and oxygen atoms in total. The third-order valence-corrected chi connectivity index (χ3v) is 5.77. The summed E-state index contributed by atoms with van der Waals surface area (Å²) < 4.78 is 14.3. The molecule has 2 amide bonds. The molecule has 3 N–H and O–H groups in total. The molecule has 0 unspecified atom stereocenters. The molecule has 28 heavy (non-hydrogen) atoms. The smallest absolute Gasteiger partial charge is 0.253 e. The highest BCUT2D eigenvalue weighted by atomic mass is 79.9. The van der Waals surface area contributed by atoms with Gasteiger partial charge in [0, 0.05) is 20.1 Å². The first kappa shape index (κ1) is 20.5. The monoisotopic (exact) mass is 447 g/mol. The van der Waals surface area contributed by atoms with Gasteiger partial charge in [0.05, 0.1) is 21.1 Å². The minimum absolute atomic E-state index is 0.151. The molecule has 0 aromatic heterocycles. The van der Waals surface area contributed by atoms with Crippen molar-refractivity contribution in [2.45, 2.75) is 25.2 Å². The summed E-state index contributed by atoms with van der Waals surface area (Å²) in [5.74, 6) is -0.954. The molecule has 0 atom stereocenters. The van der Waals surface area contributed by atoms with E-state index >= 15 is 0 Å². The maximum Gasteiger partial charge on any atom is 0.253 e. The van der Waals surface area contributed by atoms with Gasteiger partial charge in [-0.1, -0.05) is 38.1 Å². The number of carbonyl (C=O) groups excluding carboxylic acids is 2. The van der Waals surface area contributed by atoms with E-state index in [0.717, 1.165) is 11.1 Å². The summed E-state index contributed by atoms with van der Waals surface area (Å²) in [4.78, 5) is 25.5. The summed E-state index contributed by atoms with van der Waals surface area (Å²) in [5.41, 5.74) is 1.65. The molecule has 0 spiro atoms. The quantitative estimate of drug-likeness (QED) is 0.656. The Labute approximate surface area is 172 Å². The van der Waals surface area contributed by atoms with Gasteiger partial charge in [-0.3, -0.25) is 9.59 Å². The third-order valence-electron chi connectivity index (χ3n) is 5.17. The van der Waals surface area contributed by atoms with Crippen LogP contribution in [0.15, 0.2) is 40.9 Å². The molecule has 3 rings (SSSR count). The first-order valence-corrected chi connectivity index (χ1v) is 9.92. The Bertz CT molecular complexity index is 926. The number of anilines is 1. The van der Waals surface area contributed by atoms with E-state index in [2.05, 4.69) is 45.7 Å². The van der Waals surface area contributed by atoms with Crippen LogP contribution in [0.2, 0.25) is 0 Å². The fraction of sp³-hybridized carbons (Fsp3) is 0.333. The molecule has 1 fully saturated rings. The zero-order valence-electron chi connectivity index (χ0n) is 16.0. The van der Waals surface area contributed by atoms with E-state index in [9.17, 15) is 14.0 Å². The summed E-state index contributed by atoms with van der Waals surface area (Å²) in [5, 5.41) is 8.50. The Morgan fingerprint density at radius 3 is 2.46 bits per heavy atom. The van der Waals surface area contributed by atoms with E-state index in [4.69, 9.17) is 0 Å². The maximum absolute atomic E-state index is 14.1. The van der Waals surface area contributed by atoms with Gasteiger partial charge in [0.2, 0.25) is 5.91 Å². The van der Waals surface area contributed by atoms with Crippen molar-refractivity contribution in [3.8, 4) is 0 Å². The van der Waals surface area contributed by atoms with Gasteiger partial charge in [0.15, 0.2) is 0 Å². The molecule has 0 radical (unpaired) electrons. The summed E-state index contributed by atoms with van der Waals surface area (Å²) in [7, 11) is 1.49. The second-order valence-electron chi connectivity index (χ2n) is 7.27. The van der Waals surface area contributed by atoms with Crippen molar-refractivity contribution in [2.24, 2.45) is 0 Å². The number of nitrogens with one attached hydrogen (secondary N) is 3. The molecule has 0 saturated carbocycles. The number of benzene rings is 2. The lowest BCUT2D eigenvalue weighted by atomic mass is 9.71. The predicted molar refractivity (Wildman–Crippen MR) is 111 cm³/mol. The van der Waals surface area contributed by atoms with Crippen LogP contribution in [0.1, 0.15) is 41.3 Å². The molecular formula is C21H23BrFN3O2. The molecule has 148 valence electrons. The van der Waals surface area contributed by atoms with Crippen molar-refractivity contribution < 1.29 is 14.0 Å². The SMILES string of the molecule is CNC(=O)c1cc(Br)c(F)cc1NC(=O)C1(c2ccccc2C(C)C)CNC1. The number of carbonyl (C=O) groups is 2. The normalized spacial score (nSPS) is 15.1. The summed E-state index contributed by atoms with van der Waals surface area (Å²) in [6, 6.07) is 10.4. The van der Waals surface area contributed by atoms with Gasteiger partial charge in [-0.15, -0.1) is 0 Å². The van der Waals surface area contributed by atoms with Crippen molar-refractivity contribution in [2.75, 3.05) is 25.5 Å². The van der Waals surface area contributed by atoms with Crippen molar-refractivity contribution >= 4 is 33.4 Å². The molecule has 1 aliphatic rings.